The molecule has 0 saturated heterocycles. The van der Waals surface area contributed by atoms with Crippen LogP contribution in [-0.2, 0) is 0 Å². The Hall–Kier alpha value is -1.49. The van der Waals surface area contributed by atoms with Crippen molar-refractivity contribution >= 4 is 27.6 Å². The van der Waals surface area contributed by atoms with Gasteiger partial charge in [0.2, 0.25) is 0 Å². The molecule has 0 atom stereocenters. The molecule has 80 valence electrons. The van der Waals surface area contributed by atoms with E-state index in [9.17, 15) is 0 Å². The van der Waals surface area contributed by atoms with Crippen molar-refractivity contribution in [2.24, 2.45) is 16.5 Å². The lowest BCUT2D eigenvalue weighted by atomic mass is 10.3. The van der Waals surface area contributed by atoms with E-state index in [0.717, 1.165) is 10.2 Å². The lowest BCUT2D eigenvalue weighted by Crippen LogP contribution is -2.21. The highest BCUT2D eigenvalue weighted by Gasteiger charge is 1.93. The standard InChI is InChI=1S/C10H13BrN4/c11-8-4-1-2-5-9(8)14-6-3-7-15-10(12)13/h1-5,7,14H,6H2,(H4,12,13,15)/b7-3+. The molecular formula is C10H13BrN4. The molecule has 0 aromatic heterocycles. The summed E-state index contributed by atoms with van der Waals surface area (Å²) in [5.41, 5.74) is 11.4. The fraction of sp³-hybridized carbons (Fsp3) is 0.100. The van der Waals surface area contributed by atoms with E-state index >= 15 is 0 Å². The minimum absolute atomic E-state index is 0.0622. The van der Waals surface area contributed by atoms with Crippen molar-refractivity contribution in [1.29, 1.82) is 0 Å². The fourth-order valence-electron chi connectivity index (χ4n) is 0.965. The minimum Gasteiger partial charge on any atom is -0.381 e. The highest BCUT2D eigenvalue weighted by Crippen LogP contribution is 2.20. The second-order valence-corrected chi connectivity index (χ2v) is 3.65. The van der Waals surface area contributed by atoms with Gasteiger partial charge in [-0.2, -0.15) is 0 Å². The number of aliphatic imine (C=N–C) groups is 1. The SMILES string of the molecule is NC(N)=N/C=C/CNc1ccccc1Br. The number of benzene rings is 1. The van der Waals surface area contributed by atoms with Crippen molar-refractivity contribution < 1.29 is 0 Å². The molecule has 0 heterocycles. The fourth-order valence-corrected chi connectivity index (χ4v) is 1.39. The first-order valence-corrected chi connectivity index (χ1v) is 5.21. The van der Waals surface area contributed by atoms with E-state index in [0.29, 0.717) is 6.54 Å². The summed E-state index contributed by atoms with van der Waals surface area (Å²) in [6.07, 6.45) is 3.40. The van der Waals surface area contributed by atoms with Gasteiger partial charge in [-0.15, -0.1) is 0 Å². The first-order chi connectivity index (χ1) is 7.20. The highest BCUT2D eigenvalue weighted by molar-refractivity contribution is 9.10. The Labute approximate surface area is 97.2 Å². The van der Waals surface area contributed by atoms with Crippen molar-refractivity contribution in [2.45, 2.75) is 0 Å². The molecule has 0 amide bonds. The molecule has 5 N–H and O–H groups in total. The Morgan fingerprint density at radius 1 is 1.40 bits per heavy atom. The number of nitrogens with two attached hydrogens (primary N) is 2. The minimum atomic E-state index is 0.0622. The molecule has 1 rings (SSSR count). The molecular weight excluding hydrogens is 256 g/mol. The summed E-state index contributed by atoms with van der Waals surface area (Å²) < 4.78 is 1.03. The van der Waals surface area contributed by atoms with Crippen molar-refractivity contribution in [1.82, 2.24) is 0 Å². The van der Waals surface area contributed by atoms with Crippen molar-refractivity contribution in [3.8, 4) is 0 Å². The van der Waals surface area contributed by atoms with Gasteiger partial charge >= 0.3 is 0 Å². The van der Waals surface area contributed by atoms with E-state index < -0.39 is 0 Å². The predicted molar refractivity (Wildman–Crippen MR) is 67.6 cm³/mol. The third-order valence-electron chi connectivity index (χ3n) is 1.61. The van der Waals surface area contributed by atoms with Crippen LogP contribution in [0.2, 0.25) is 0 Å². The number of nitrogens with one attached hydrogen (secondary N) is 1. The largest absolute Gasteiger partial charge is 0.381 e. The van der Waals surface area contributed by atoms with E-state index in [-0.39, 0.29) is 5.96 Å². The highest BCUT2D eigenvalue weighted by atomic mass is 79.9. The average Bonchev–Trinajstić information content (AvgIpc) is 2.20. The predicted octanol–water partition coefficient (Wildman–Crippen LogP) is 1.65. The first kappa shape index (κ1) is 11.6. The molecule has 0 bridgehead atoms. The first-order valence-electron chi connectivity index (χ1n) is 4.42. The Morgan fingerprint density at radius 2 is 2.13 bits per heavy atom. The maximum Gasteiger partial charge on any atom is 0.190 e. The molecule has 5 heteroatoms. The molecule has 0 aliphatic carbocycles. The van der Waals surface area contributed by atoms with Gasteiger partial charge in [0.25, 0.3) is 0 Å². The summed E-state index contributed by atoms with van der Waals surface area (Å²) in [5, 5.41) is 3.20. The molecule has 1 aromatic rings. The van der Waals surface area contributed by atoms with Gasteiger partial charge in [0.05, 0.1) is 0 Å². The van der Waals surface area contributed by atoms with Gasteiger partial charge < -0.3 is 16.8 Å². The lowest BCUT2D eigenvalue weighted by Gasteiger charge is -2.04. The number of hydrogen-bond acceptors (Lipinski definition) is 2. The zero-order chi connectivity index (χ0) is 11.1. The summed E-state index contributed by atoms with van der Waals surface area (Å²) in [7, 11) is 0. The molecule has 0 spiro atoms. The molecule has 15 heavy (non-hydrogen) atoms. The third-order valence-corrected chi connectivity index (χ3v) is 2.30. The normalized spacial score (nSPS) is 10.2. The number of hydrogen-bond donors (Lipinski definition) is 3. The van der Waals surface area contributed by atoms with Gasteiger partial charge in [-0.05, 0) is 34.1 Å². The number of anilines is 1. The topological polar surface area (TPSA) is 76.4 Å². The van der Waals surface area contributed by atoms with Gasteiger partial charge in [-0.3, -0.25) is 0 Å². The second kappa shape index (κ2) is 6.08. The van der Waals surface area contributed by atoms with E-state index in [1.807, 2.05) is 30.3 Å². The Bertz CT molecular complexity index is 369. The van der Waals surface area contributed by atoms with E-state index in [4.69, 9.17) is 11.5 Å². The summed E-state index contributed by atoms with van der Waals surface area (Å²) in [5.74, 6) is 0.0622. The number of rotatable bonds is 4. The van der Waals surface area contributed by atoms with Crippen molar-refractivity contribution in [2.75, 3.05) is 11.9 Å². The summed E-state index contributed by atoms with van der Waals surface area (Å²) in [6.45, 7) is 0.666. The van der Waals surface area contributed by atoms with E-state index in [1.165, 1.54) is 0 Å². The number of guanidine groups is 1. The maximum atomic E-state index is 5.16. The van der Waals surface area contributed by atoms with Gasteiger partial charge in [-0.1, -0.05) is 12.1 Å². The summed E-state index contributed by atoms with van der Waals surface area (Å²) >= 11 is 3.43. The zero-order valence-electron chi connectivity index (χ0n) is 8.15. The Balaban J connectivity index is 2.42. The average molecular weight is 269 g/mol. The van der Waals surface area contributed by atoms with Crippen LogP contribution in [0.3, 0.4) is 0 Å². The van der Waals surface area contributed by atoms with Crippen LogP contribution in [0.4, 0.5) is 5.69 Å². The molecule has 0 unspecified atom stereocenters. The van der Waals surface area contributed by atoms with E-state index in [1.54, 1.807) is 6.20 Å². The van der Waals surface area contributed by atoms with Crippen LogP contribution >= 0.6 is 15.9 Å². The molecule has 0 aliphatic rings. The van der Waals surface area contributed by atoms with Gasteiger partial charge in [0.1, 0.15) is 0 Å². The van der Waals surface area contributed by atoms with Gasteiger partial charge in [0.15, 0.2) is 5.96 Å². The van der Waals surface area contributed by atoms with Crippen LogP contribution < -0.4 is 16.8 Å². The number of para-hydroxylation sites is 1. The quantitative estimate of drug-likeness (QED) is 0.574. The van der Waals surface area contributed by atoms with E-state index in [2.05, 4.69) is 26.2 Å². The van der Waals surface area contributed by atoms with Gasteiger partial charge in [-0.25, -0.2) is 4.99 Å². The van der Waals surface area contributed by atoms with Gasteiger partial charge in [0, 0.05) is 22.9 Å². The lowest BCUT2D eigenvalue weighted by molar-refractivity contribution is 1.30. The van der Waals surface area contributed by atoms with Crippen LogP contribution in [-0.4, -0.2) is 12.5 Å². The Morgan fingerprint density at radius 3 is 2.80 bits per heavy atom. The van der Waals surface area contributed by atoms with Crippen molar-refractivity contribution in [3.05, 3.63) is 41.0 Å². The Kier molecular flexibility index (Phi) is 4.70. The van der Waals surface area contributed by atoms with Crippen LogP contribution in [0.25, 0.3) is 0 Å². The summed E-state index contributed by atoms with van der Waals surface area (Å²) in [6, 6.07) is 7.89. The van der Waals surface area contributed by atoms with Crippen LogP contribution in [0.5, 0.6) is 0 Å². The molecule has 4 nitrogen and oxygen atoms in total. The van der Waals surface area contributed by atoms with Crippen LogP contribution in [0, 0.1) is 0 Å². The monoisotopic (exact) mass is 268 g/mol. The molecule has 0 aliphatic heterocycles. The maximum absolute atomic E-state index is 5.16. The summed E-state index contributed by atoms with van der Waals surface area (Å²) in [4.78, 5) is 3.72. The third kappa shape index (κ3) is 4.51. The van der Waals surface area contributed by atoms with Crippen LogP contribution in [0.15, 0.2) is 46.0 Å². The molecule has 0 fully saturated rings. The number of nitrogens with zero attached hydrogens (tertiary/aromatic N) is 1. The second-order valence-electron chi connectivity index (χ2n) is 2.80. The smallest absolute Gasteiger partial charge is 0.190 e. The molecule has 0 saturated carbocycles. The molecule has 1 aromatic carbocycles. The van der Waals surface area contributed by atoms with Crippen molar-refractivity contribution in [3.63, 3.8) is 0 Å². The zero-order valence-corrected chi connectivity index (χ0v) is 9.74. The number of halogens is 1. The van der Waals surface area contributed by atoms with Crippen LogP contribution in [0.1, 0.15) is 0 Å². The molecule has 0 radical (unpaired) electrons.